The molecule has 0 spiro atoms. The molecule has 0 amide bonds. The summed E-state index contributed by atoms with van der Waals surface area (Å²) in [5.74, 6) is -0.901. The van der Waals surface area contributed by atoms with Crippen LogP contribution in [0.3, 0.4) is 0 Å². The van der Waals surface area contributed by atoms with Crippen molar-refractivity contribution in [2.45, 2.75) is 26.1 Å². The van der Waals surface area contributed by atoms with Crippen molar-refractivity contribution in [1.82, 2.24) is 0 Å². The summed E-state index contributed by atoms with van der Waals surface area (Å²) >= 11 is 0. The molecule has 0 aromatic heterocycles. The Morgan fingerprint density at radius 3 is 2.48 bits per heavy atom. The number of ether oxygens (including phenoxy) is 1. The molecule has 0 radical (unpaired) electrons. The van der Waals surface area contributed by atoms with Gasteiger partial charge >= 0.3 is 5.97 Å². The van der Waals surface area contributed by atoms with E-state index in [9.17, 15) is 4.79 Å². The third-order valence-electron chi connectivity index (χ3n) is 4.32. The summed E-state index contributed by atoms with van der Waals surface area (Å²) in [5.41, 5.74) is 2.92. The van der Waals surface area contributed by atoms with E-state index in [4.69, 9.17) is 9.84 Å². The Labute approximate surface area is 159 Å². The number of carboxylic acids is 1. The van der Waals surface area contributed by atoms with Crippen LogP contribution in [0.4, 0.5) is 11.4 Å². The standard InChI is InChI=1S/C22H24N2O3/c1-2-27-21(14-22(25)26)24-20-13-6-5-12-19(20)23-15-17-10-7-9-16-8-3-4-11-18(16)17/h3-13,21,23-24H,2,14-15H2,1H3,(H,25,26). The van der Waals surface area contributed by atoms with Crippen LogP contribution in [-0.2, 0) is 16.1 Å². The molecular formula is C22H24N2O3. The Morgan fingerprint density at radius 1 is 1.00 bits per heavy atom. The maximum absolute atomic E-state index is 11.1. The number of fused-ring (bicyclic) bond motifs is 1. The summed E-state index contributed by atoms with van der Waals surface area (Å²) < 4.78 is 5.51. The van der Waals surface area contributed by atoms with Crippen LogP contribution in [0.5, 0.6) is 0 Å². The van der Waals surface area contributed by atoms with Crippen LogP contribution >= 0.6 is 0 Å². The zero-order valence-corrected chi connectivity index (χ0v) is 15.3. The maximum Gasteiger partial charge on any atom is 0.307 e. The van der Waals surface area contributed by atoms with Crippen molar-refractivity contribution in [3.05, 3.63) is 72.3 Å². The van der Waals surface area contributed by atoms with E-state index in [0.717, 1.165) is 11.4 Å². The summed E-state index contributed by atoms with van der Waals surface area (Å²) in [6.45, 7) is 2.95. The molecule has 0 aliphatic heterocycles. The Bertz CT molecular complexity index is 905. The number of benzene rings is 3. The van der Waals surface area contributed by atoms with Crippen LogP contribution in [0.15, 0.2) is 66.7 Å². The minimum Gasteiger partial charge on any atom is -0.481 e. The van der Waals surface area contributed by atoms with Gasteiger partial charge in [-0.25, -0.2) is 0 Å². The lowest BCUT2D eigenvalue weighted by molar-refractivity contribution is -0.139. The number of carbonyl (C=O) groups is 1. The van der Waals surface area contributed by atoms with Gasteiger partial charge in [0.05, 0.1) is 17.8 Å². The molecule has 3 aromatic carbocycles. The number of hydrogen-bond donors (Lipinski definition) is 3. The number of para-hydroxylation sites is 2. The van der Waals surface area contributed by atoms with Crippen LogP contribution in [0.25, 0.3) is 10.8 Å². The predicted octanol–water partition coefficient (Wildman–Crippen LogP) is 4.70. The molecule has 1 unspecified atom stereocenters. The van der Waals surface area contributed by atoms with Gasteiger partial charge in [0.15, 0.2) is 0 Å². The van der Waals surface area contributed by atoms with Gasteiger partial charge in [0.1, 0.15) is 6.23 Å². The quantitative estimate of drug-likeness (QED) is 0.480. The molecule has 3 rings (SSSR count). The number of hydrogen-bond acceptors (Lipinski definition) is 4. The summed E-state index contributed by atoms with van der Waals surface area (Å²) in [7, 11) is 0. The second kappa shape index (κ2) is 9.05. The van der Waals surface area contributed by atoms with Gasteiger partial charge in [-0.05, 0) is 35.4 Å². The average molecular weight is 364 g/mol. The summed E-state index contributed by atoms with van der Waals surface area (Å²) in [5, 5.41) is 18.1. The van der Waals surface area contributed by atoms with Crippen LogP contribution < -0.4 is 10.6 Å². The van der Waals surface area contributed by atoms with Crippen molar-refractivity contribution in [2.24, 2.45) is 0 Å². The minimum atomic E-state index is -0.901. The first-order chi connectivity index (χ1) is 13.2. The van der Waals surface area contributed by atoms with E-state index in [2.05, 4.69) is 41.0 Å². The lowest BCUT2D eigenvalue weighted by atomic mass is 10.0. The van der Waals surface area contributed by atoms with Gasteiger partial charge in [-0.15, -0.1) is 0 Å². The number of nitrogens with one attached hydrogen (secondary N) is 2. The fourth-order valence-electron chi connectivity index (χ4n) is 3.09. The zero-order chi connectivity index (χ0) is 19.1. The maximum atomic E-state index is 11.1. The fourth-order valence-corrected chi connectivity index (χ4v) is 3.09. The third kappa shape index (κ3) is 4.99. The van der Waals surface area contributed by atoms with Crippen molar-refractivity contribution in [3.63, 3.8) is 0 Å². The van der Waals surface area contributed by atoms with Gasteiger partial charge in [-0.3, -0.25) is 4.79 Å². The molecule has 0 aliphatic carbocycles. The highest BCUT2D eigenvalue weighted by atomic mass is 16.5. The van der Waals surface area contributed by atoms with Gasteiger partial charge in [-0.1, -0.05) is 54.6 Å². The highest BCUT2D eigenvalue weighted by molar-refractivity contribution is 5.86. The third-order valence-corrected chi connectivity index (χ3v) is 4.32. The lowest BCUT2D eigenvalue weighted by Gasteiger charge is -2.21. The number of aliphatic carboxylic acids is 1. The molecule has 3 aromatic rings. The summed E-state index contributed by atoms with van der Waals surface area (Å²) in [6, 6.07) is 22.3. The Morgan fingerprint density at radius 2 is 1.70 bits per heavy atom. The van der Waals surface area contributed by atoms with E-state index in [1.807, 2.05) is 43.3 Å². The van der Waals surface area contributed by atoms with Gasteiger partial charge in [-0.2, -0.15) is 0 Å². The van der Waals surface area contributed by atoms with E-state index in [1.165, 1.54) is 16.3 Å². The topological polar surface area (TPSA) is 70.6 Å². The van der Waals surface area contributed by atoms with E-state index in [0.29, 0.717) is 13.2 Å². The molecular weight excluding hydrogens is 340 g/mol. The first kappa shape index (κ1) is 18.7. The van der Waals surface area contributed by atoms with E-state index in [-0.39, 0.29) is 6.42 Å². The van der Waals surface area contributed by atoms with Crippen molar-refractivity contribution in [1.29, 1.82) is 0 Å². The van der Waals surface area contributed by atoms with Crippen molar-refractivity contribution in [3.8, 4) is 0 Å². The second-order valence-electron chi connectivity index (χ2n) is 6.22. The number of anilines is 2. The SMILES string of the molecule is CCOC(CC(=O)O)Nc1ccccc1NCc1cccc2ccccc12. The second-order valence-corrected chi connectivity index (χ2v) is 6.22. The van der Waals surface area contributed by atoms with Gasteiger partial charge in [0.2, 0.25) is 0 Å². The molecule has 5 heteroatoms. The van der Waals surface area contributed by atoms with Crippen LogP contribution in [-0.4, -0.2) is 23.9 Å². The molecule has 27 heavy (non-hydrogen) atoms. The van der Waals surface area contributed by atoms with E-state index in [1.54, 1.807) is 0 Å². The van der Waals surface area contributed by atoms with Crippen LogP contribution in [0.2, 0.25) is 0 Å². The fraction of sp³-hybridized carbons (Fsp3) is 0.227. The van der Waals surface area contributed by atoms with Crippen LogP contribution in [0.1, 0.15) is 18.9 Å². The van der Waals surface area contributed by atoms with Crippen molar-refractivity contribution >= 4 is 28.1 Å². The Kier molecular flexibility index (Phi) is 6.28. The number of rotatable bonds is 9. The van der Waals surface area contributed by atoms with E-state index >= 15 is 0 Å². The molecule has 5 nitrogen and oxygen atoms in total. The van der Waals surface area contributed by atoms with Crippen molar-refractivity contribution in [2.75, 3.05) is 17.2 Å². The monoisotopic (exact) mass is 364 g/mol. The van der Waals surface area contributed by atoms with Gasteiger partial charge < -0.3 is 20.5 Å². The van der Waals surface area contributed by atoms with Crippen molar-refractivity contribution < 1.29 is 14.6 Å². The van der Waals surface area contributed by atoms with E-state index < -0.39 is 12.2 Å². The molecule has 0 fully saturated rings. The molecule has 0 bridgehead atoms. The summed E-state index contributed by atoms with van der Waals surface area (Å²) in [6.07, 6.45) is -0.682. The largest absolute Gasteiger partial charge is 0.481 e. The summed E-state index contributed by atoms with van der Waals surface area (Å²) in [4.78, 5) is 11.1. The smallest absolute Gasteiger partial charge is 0.307 e. The molecule has 0 heterocycles. The lowest BCUT2D eigenvalue weighted by Crippen LogP contribution is -2.26. The highest BCUT2D eigenvalue weighted by Gasteiger charge is 2.14. The molecule has 140 valence electrons. The van der Waals surface area contributed by atoms with Gasteiger partial charge in [0.25, 0.3) is 0 Å². The molecule has 1 atom stereocenters. The highest BCUT2D eigenvalue weighted by Crippen LogP contribution is 2.25. The molecule has 0 aliphatic rings. The van der Waals surface area contributed by atoms with Crippen LogP contribution in [0, 0.1) is 0 Å². The Hall–Kier alpha value is -3.05. The average Bonchev–Trinajstić information content (AvgIpc) is 2.67. The first-order valence-corrected chi connectivity index (χ1v) is 9.07. The molecule has 0 saturated heterocycles. The Balaban J connectivity index is 1.76. The molecule has 3 N–H and O–H groups in total. The predicted molar refractivity (Wildman–Crippen MR) is 109 cm³/mol. The molecule has 0 saturated carbocycles. The number of carboxylic acid groups (broad SMARTS) is 1. The first-order valence-electron chi connectivity index (χ1n) is 9.07. The minimum absolute atomic E-state index is 0.106. The van der Waals surface area contributed by atoms with Gasteiger partial charge in [0, 0.05) is 13.2 Å². The zero-order valence-electron chi connectivity index (χ0n) is 15.3. The normalized spacial score (nSPS) is 11.9.